The molecule has 0 aliphatic carbocycles. The van der Waals surface area contributed by atoms with Crippen LogP contribution in [0.5, 0.6) is 0 Å². The molecular weight excluding hydrogens is 493 g/mol. The van der Waals surface area contributed by atoms with Crippen molar-refractivity contribution in [3.05, 3.63) is 59.7 Å². The van der Waals surface area contributed by atoms with Crippen LogP contribution in [0.15, 0.2) is 58.3 Å². The van der Waals surface area contributed by atoms with Gasteiger partial charge in [0.25, 0.3) is 0 Å². The lowest BCUT2D eigenvalue weighted by Crippen LogP contribution is -2.20. The van der Waals surface area contributed by atoms with Crippen molar-refractivity contribution in [3.8, 4) is 0 Å². The minimum absolute atomic E-state index is 0.976. The highest BCUT2D eigenvalue weighted by Crippen LogP contribution is 2.15. The first-order valence-electron chi connectivity index (χ1n) is 14.4. The fourth-order valence-corrected chi connectivity index (χ4v) is 5.05. The number of nitrogens with one attached hydrogen (secondary N) is 4. The molecule has 37 heavy (non-hydrogen) atoms. The van der Waals surface area contributed by atoms with E-state index in [9.17, 15) is 0 Å². The van der Waals surface area contributed by atoms with Gasteiger partial charge in [-0.3, -0.25) is 0 Å². The monoisotopic (exact) mass is 544 g/mol. The van der Waals surface area contributed by atoms with E-state index in [1.165, 1.54) is 91.8 Å². The van der Waals surface area contributed by atoms with E-state index in [-0.39, 0.29) is 0 Å². The molecule has 0 spiro atoms. The Kier molecular flexibility index (Phi) is 19.9. The molecule has 2 rings (SSSR count). The fraction of sp³-hybridized carbons (Fsp3) is 0.613. The van der Waals surface area contributed by atoms with Gasteiger partial charge in [-0.05, 0) is 126 Å². The Labute approximate surface area is 236 Å². The highest BCUT2D eigenvalue weighted by atomic mass is 32.2. The molecule has 0 aromatic heterocycles. The number of unbranched alkanes of at least 4 members (excludes halogenated alkanes) is 6. The maximum Gasteiger partial charge on any atom is 0.0205 e. The van der Waals surface area contributed by atoms with Gasteiger partial charge >= 0.3 is 0 Å². The Morgan fingerprint density at radius 1 is 0.405 bits per heavy atom. The minimum atomic E-state index is 0.976. The standard InChI is InChI=1S/C31H52N4S2/c1-36-30-16-12-28(13-17-30)26-34-24-10-8-22-32-20-6-4-3-5-7-21-33-23-9-11-25-35-27-29-14-18-31(37-2)19-15-29/h12-19,32-35H,3-11,20-27H2,1-2H3. The quantitative estimate of drug-likeness (QED) is 0.0871. The predicted molar refractivity (Wildman–Crippen MR) is 167 cm³/mol. The molecule has 0 fully saturated rings. The zero-order valence-corrected chi connectivity index (χ0v) is 25.1. The smallest absolute Gasteiger partial charge is 0.0205 e. The van der Waals surface area contributed by atoms with E-state index in [4.69, 9.17) is 0 Å². The summed E-state index contributed by atoms with van der Waals surface area (Å²) in [6.07, 6.45) is 15.9. The van der Waals surface area contributed by atoms with E-state index < -0.39 is 0 Å². The second-order valence-electron chi connectivity index (χ2n) is 9.73. The van der Waals surface area contributed by atoms with Crippen molar-refractivity contribution in [1.29, 1.82) is 0 Å². The van der Waals surface area contributed by atoms with Crippen LogP contribution >= 0.6 is 23.5 Å². The van der Waals surface area contributed by atoms with Crippen LogP contribution in [0, 0.1) is 0 Å². The summed E-state index contributed by atoms with van der Waals surface area (Å²) < 4.78 is 0. The summed E-state index contributed by atoms with van der Waals surface area (Å²) in [6.45, 7) is 8.79. The number of thioether (sulfide) groups is 2. The Morgan fingerprint density at radius 3 is 1.05 bits per heavy atom. The molecule has 0 bridgehead atoms. The van der Waals surface area contributed by atoms with E-state index in [0.717, 1.165) is 39.3 Å². The van der Waals surface area contributed by atoms with E-state index in [0.29, 0.717) is 0 Å². The summed E-state index contributed by atoms with van der Waals surface area (Å²) in [5.74, 6) is 0. The van der Waals surface area contributed by atoms with E-state index in [2.05, 4.69) is 82.3 Å². The van der Waals surface area contributed by atoms with Crippen molar-refractivity contribution in [2.45, 2.75) is 80.7 Å². The molecule has 0 aliphatic rings. The molecule has 0 heterocycles. The van der Waals surface area contributed by atoms with Crippen LogP contribution in [0.3, 0.4) is 0 Å². The zero-order valence-electron chi connectivity index (χ0n) is 23.5. The SMILES string of the molecule is CSc1ccc(CNCCCCNCCCCCCCNCCCCNCc2ccc(SC)cc2)cc1. The van der Waals surface area contributed by atoms with E-state index in [1.54, 1.807) is 23.5 Å². The average molecular weight is 545 g/mol. The number of hydrogen-bond donors (Lipinski definition) is 4. The third-order valence-corrected chi connectivity index (χ3v) is 8.08. The summed E-state index contributed by atoms with van der Waals surface area (Å²) in [4.78, 5) is 2.67. The molecule has 0 amide bonds. The second kappa shape index (κ2) is 22.9. The van der Waals surface area contributed by atoms with Gasteiger partial charge in [0.05, 0.1) is 0 Å². The van der Waals surface area contributed by atoms with Crippen LogP contribution in [-0.2, 0) is 13.1 Å². The van der Waals surface area contributed by atoms with Gasteiger partial charge in [-0.25, -0.2) is 0 Å². The first-order valence-corrected chi connectivity index (χ1v) is 16.9. The molecule has 4 nitrogen and oxygen atoms in total. The first-order chi connectivity index (χ1) is 18.3. The van der Waals surface area contributed by atoms with Crippen LogP contribution in [0.25, 0.3) is 0 Å². The highest BCUT2D eigenvalue weighted by Gasteiger charge is 1.97. The molecule has 4 N–H and O–H groups in total. The molecule has 0 saturated carbocycles. The first kappa shape index (κ1) is 32.2. The maximum atomic E-state index is 3.61. The van der Waals surface area contributed by atoms with E-state index >= 15 is 0 Å². The fourth-order valence-electron chi connectivity index (χ4n) is 4.23. The third kappa shape index (κ3) is 17.2. The molecule has 0 saturated heterocycles. The Bertz CT molecular complexity index is 702. The predicted octanol–water partition coefficient (Wildman–Crippen LogP) is 6.70. The summed E-state index contributed by atoms with van der Waals surface area (Å²) >= 11 is 3.60. The van der Waals surface area contributed by atoms with Crippen molar-refractivity contribution in [2.24, 2.45) is 0 Å². The van der Waals surface area contributed by atoms with Crippen LogP contribution < -0.4 is 21.3 Å². The zero-order chi connectivity index (χ0) is 26.2. The highest BCUT2D eigenvalue weighted by molar-refractivity contribution is 7.98. The van der Waals surface area contributed by atoms with Crippen LogP contribution in [-0.4, -0.2) is 51.8 Å². The normalized spacial score (nSPS) is 11.3. The van der Waals surface area contributed by atoms with Gasteiger partial charge < -0.3 is 21.3 Å². The lowest BCUT2D eigenvalue weighted by Gasteiger charge is -2.08. The summed E-state index contributed by atoms with van der Waals surface area (Å²) in [6, 6.07) is 17.7. The molecule has 0 unspecified atom stereocenters. The molecule has 6 heteroatoms. The van der Waals surface area contributed by atoms with Gasteiger partial charge in [0, 0.05) is 22.9 Å². The molecule has 0 aliphatic heterocycles. The lowest BCUT2D eigenvalue weighted by atomic mass is 10.1. The molecule has 0 atom stereocenters. The van der Waals surface area contributed by atoms with Gasteiger partial charge in [0.1, 0.15) is 0 Å². The lowest BCUT2D eigenvalue weighted by molar-refractivity contribution is 0.533. The molecule has 208 valence electrons. The maximum absolute atomic E-state index is 3.61. The van der Waals surface area contributed by atoms with Crippen molar-refractivity contribution in [1.82, 2.24) is 21.3 Å². The third-order valence-electron chi connectivity index (χ3n) is 6.60. The van der Waals surface area contributed by atoms with Crippen LogP contribution in [0.4, 0.5) is 0 Å². The van der Waals surface area contributed by atoms with Crippen molar-refractivity contribution >= 4 is 23.5 Å². The molecule has 2 aromatic carbocycles. The van der Waals surface area contributed by atoms with Gasteiger partial charge in [-0.2, -0.15) is 0 Å². The Hall–Kier alpha value is -1.02. The number of rotatable bonds is 24. The molecular formula is C31H52N4S2. The largest absolute Gasteiger partial charge is 0.317 e. The van der Waals surface area contributed by atoms with Crippen molar-refractivity contribution in [2.75, 3.05) is 51.8 Å². The van der Waals surface area contributed by atoms with Crippen molar-refractivity contribution in [3.63, 3.8) is 0 Å². The van der Waals surface area contributed by atoms with Crippen LogP contribution in [0.1, 0.15) is 68.9 Å². The average Bonchev–Trinajstić information content (AvgIpc) is 2.94. The van der Waals surface area contributed by atoms with Gasteiger partial charge in [-0.1, -0.05) is 43.5 Å². The second-order valence-corrected chi connectivity index (χ2v) is 11.5. The Morgan fingerprint density at radius 2 is 0.703 bits per heavy atom. The van der Waals surface area contributed by atoms with E-state index in [1.807, 2.05) is 0 Å². The topological polar surface area (TPSA) is 48.1 Å². The molecule has 0 radical (unpaired) electrons. The summed E-state index contributed by atoms with van der Waals surface area (Å²) in [5.41, 5.74) is 2.75. The van der Waals surface area contributed by atoms with Gasteiger partial charge in [-0.15, -0.1) is 23.5 Å². The van der Waals surface area contributed by atoms with Gasteiger partial charge in [0.2, 0.25) is 0 Å². The Balaban J connectivity index is 1.23. The molecule has 2 aromatic rings. The number of benzene rings is 2. The minimum Gasteiger partial charge on any atom is -0.317 e. The van der Waals surface area contributed by atoms with Crippen LogP contribution in [0.2, 0.25) is 0 Å². The number of hydrogen-bond acceptors (Lipinski definition) is 6. The summed E-state index contributed by atoms with van der Waals surface area (Å²) in [7, 11) is 0. The van der Waals surface area contributed by atoms with Crippen molar-refractivity contribution < 1.29 is 0 Å². The summed E-state index contributed by atoms with van der Waals surface area (Å²) in [5, 5.41) is 14.3. The van der Waals surface area contributed by atoms with Gasteiger partial charge in [0.15, 0.2) is 0 Å².